The fourth-order valence-electron chi connectivity index (χ4n) is 0.992. The van der Waals surface area contributed by atoms with Gasteiger partial charge in [0.1, 0.15) is 0 Å². The summed E-state index contributed by atoms with van der Waals surface area (Å²) in [5.41, 5.74) is 5.36. The van der Waals surface area contributed by atoms with Gasteiger partial charge in [-0.25, -0.2) is 0 Å². The molecule has 0 aromatic rings. The van der Waals surface area contributed by atoms with Gasteiger partial charge in [-0.2, -0.15) is 0 Å². The molecule has 0 aromatic carbocycles. The Morgan fingerprint density at radius 1 is 1.40 bits per heavy atom. The van der Waals surface area contributed by atoms with E-state index in [1.165, 1.54) is 0 Å². The van der Waals surface area contributed by atoms with Gasteiger partial charge >= 0.3 is 0 Å². The van der Waals surface area contributed by atoms with Crippen molar-refractivity contribution in [2.45, 2.75) is 25.6 Å². The average molecular weight is 145 g/mol. The largest absolute Gasteiger partial charge is 0.373 e. The van der Waals surface area contributed by atoms with Crippen LogP contribution in [0.15, 0.2) is 0 Å². The second kappa shape index (κ2) is 3.91. The van der Waals surface area contributed by atoms with Crippen molar-refractivity contribution in [3.63, 3.8) is 0 Å². The highest BCUT2D eigenvalue weighted by molar-refractivity contribution is 4.64. The quantitative estimate of drug-likeness (QED) is 0.601. The molecule has 0 aliphatic carbocycles. The van der Waals surface area contributed by atoms with Crippen LogP contribution in [-0.2, 0) is 9.47 Å². The van der Waals surface area contributed by atoms with Crippen LogP contribution >= 0.6 is 0 Å². The summed E-state index contributed by atoms with van der Waals surface area (Å²) in [6, 6.07) is 0. The Hall–Kier alpha value is -0.120. The number of ether oxygens (including phenoxy) is 2. The van der Waals surface area contributed by atoms with E-state index in [9.17, 15) is 0 Å². The topological polar surface area (TPSA) is 44.5 Å². The lowest BCUT2D eigenvalue weighted by Gasteiger charge is -2.26. The first-order chi connectivity index (χ1) is 4.83. The summed E-state index contributed by atoms with van der Waals surface area (Å²) < 4.78 is 10.8. The fraction of sp³-hybridized carbons (Fsp3) is 1.00. The molecule has 10 heavy (non-hydrogen) atoms. The van der Waals surface area contributed by atoms with E-state index >= 15 is 0 Å². The first-order valence-corrected chi connectivity index (χ1v) is 3.76. The van der Waals surface area contributed by atoms with Gasteiger partial charge in [0.25, 0.3) is 0 Å². The van der Waals surface area contributed by atoms with E-state index < -0.39 is 0 Å². The van der Waals surface area contributed by atoms with E-state index in [2.05, 4.69) is 0 Å². The van der Waals surface area contributed by atoms with Crippen LogP contribution in [0.5, 0.6) is 0 Å². The molecule has 1 saturated heterocycles. The normalized spacial score (nSPS) is 34.2. The van der Waals surface area contributed by atoms with Gasteiger partial charge in [-0.3, -0.25) is 0 Å². The Kier molecular flexibility index (Phi) is 3.12. The minimum absolute atomic E-state index is 0.237. The molecule has 0 unspecified atom stereocenters. The number of hydrogen-bond donors (Lipinski definition) is 1. The molecule has 0 bridgehead atoms. The minimum atomic E-state index is 0.237. The minimum Gasteiger partial charge on any atom is -0.373 e. The van der Waals surface area contributed by atoms with Gasteiger partial charge in [0.2, 0.25) is 0 Å². The van der Waals surface area contributed by atoms with Gasteiger partial charge in [0, 0.05) is 0 Å². The van der Waals surface area contributed by atoms with Crippen LogP contribution in [0.3, 0.4) is 0 Å². The molecule has 1 aliphatic rings. The van der Waals surface area contributed by atoms with Crippen LogP contribution in [0.25, 0.3) is 0 Å². The number of nitrogens with two attached hydrogens (primary N) is 1. The Balaban J connectivity index is 2.13. The van der Waals surface area contributed by atoms with Crippen molar-refractivity contribution in [1.29, 1.82) is 0 Å². The van der Waals surface area contributed by atoms with Gasteiger partial charge in [-0.15, -0.1) is 0 Å². The van der Waals surface area contributed by atoms with Crippen molar-refractivity contribution in [3.8, 4) is 0 Å². The summed E-state index contributed by atoms with van der Waals surface area (Å²) >= 11 is 0. The summed E-state index contributed by atoms with van der Waals surface area (Å²) in [6.07, 6.45) is 1.41. The van der Waals surface area contributed by atoms with Crippen LogP contribution in [-0.4, -0.2) is 32.0 Å². The summed E-state index contributed by atoms with van der Waals surface area (Å²) in [4.78, 5) is 0. The Morgan fingerprint density at radius 3 is 2.70 bits per heavy atom. The molecule has 0 aromatic heterocycles. The lowest BCUT2D eigenvalue weighted by Crippen LogP contribution is -2.35. The highest BCUT2D eigenvalue weighted by Crippen LogP contribution is 2.08. The van der Waals surface area contributed by atoms with Crippen molar-refractivity contribution in [2.24, 2.45) is 5.73 Å². The van der Waals surface area contributed by atoms with Crippen LogP contribution in [0.2, 0.25) is 0 Å². The fourth-order valence-corrected chi connectivity index (χ4v) is 0.992. The molecule has 2 atom stereocenters. The van der Waals surface area contributed by atoms with Gasteiger partial charge in [0.05, 0.1) is 25.4 Å². The zero-order valence-electron chi connectivity index (χ0n) is 6.38. The second-order valence-corrected chi connectivity index (χ2v) is 2.68. The highest BCUT2D eigenvalue weighted by atomic mass is 16.6. The van der Waals surface area contributed by atoms with Crippen molar-refractivity contribution in [2.75, 3.05) is 19.8 Å². The van der Waals surface area contributed by atoms with Gasteiger partial charge in [-0.1, -0.05) is 0 Å². The average Bonchev–Trinajstić information content (AvgIpc) is 1.95. The molecule has 0 amide bonds. The monoisotopic (exact) mass is 145 g/mol. The maximum atomic E-state index is 5.43. The van der Waals surface area contributed by atoms with Crippen LogP contribution in [0.1, 0.15) is 13.3 Å². The third kappa shape index (κ3) is 2.25. The molecule has 1 fully saturated rings. The molecule has 3 nitrogen and oxygen atoms in total. The molecule has 0 saturated carbocycles. The van der Waals surface area contributed by atoms with Gasteiger partial charge in [0.15, 0.2) is 0 Å². The Morgan fingerprint density at radius 2 is 2.20 bits per heavy atom. The summed E-state index contributed by atoms with van der Waals surface area (Å²) in [5.74, 6) is 0. The molecule has 0 radical (unpaired) electrons. The second-order valence-electron chi connectivity index (χ2n) is 2.68. The predicted molar refractivity (Wildman–Crippen MR) is 38.8 cm³/mol. The maximum absolute atomic E-state index is 5.43. The standard InChI is InChI=1S/C7H15NO2/c1-6-4-10-7(2-3-8)5-9-6/h6-7H,2-5,8H2,1H3/t6-,7+/m1/s1. The molecule has 3 heteroatoms. The van der Waals surface area contributed by atoms with E-state index in [1.54, 1.807) is 0 Å². The zero-order chi connectivity index (χ0) is 7.40. The van der Waals surface area contributed by atoms with Gasteiger partial charge in [-0.05, 0) is 19.9 Å². The van der Waals surface area contributed by atoms with Gasteiger partial charge < -0.3 is 15.2 Å². The molecule has 1 rings (SSSR count). The van der Waals surface area contributed by atoms with E-state index in [0.29, 0.717) is 19.8 Å². The molecule has 60 valence electrons. The van der Waals surface area contributed by atoms with Crippen LogP contribution < -0.4 is 5.73 Å². The Labute approximate surface area is 61.5 Å². The Bertz CT molecular complexity index is 89.6. The zero-order valence-corrected chi connectivity index (χ0v) is 6.38. The third-order valence-electron chi connectivity index (χ3n) is 1.62. The van der Waals surface area contributed by atoms with Crippen molar-refractivity contribution in [1.82, 2.24) is 0 Å². The summed E-state index contributed by atoms with van der Waals surface area (Å²) in [6.45, 7) is 4.12. The van der Waals surface area contributed by atoms with E-state index in [0.717, 1.165) is 6.42 Å². The highest BCUT2D eigenvalue weighted by Gasteiger charge is 2.17. The van der Waals surface area contributed by atoms with Crippen LogP contribution in [0.4, 0.5) is 0 Å². The van der Waals surface area contributed by atoms with Crippen molar-refractivity contribution in [3.05, 3.63) is 0 Å². The predicted octanol–water partition coefficient (Wildman–Crippen LogP) is 0.139. The SMILES string of the molecule is C[C@@H]1CO[C@@H](CCN)CO1. The van der Waals surface area contributed by atoms with E-state index in [-0.39, 0.29) is 12.2 Å². The molecule has 1 heterocycles. The lowest BCUT2D eigenvalue weighted by molar-refractivity contribution is -0.127. The molecule has 2 N–H and O–H groups in total. The number of hydrogen-bond acceptors (Lipinski definition) is 3. The van der Waals surface area contributed by atoms with Crippen molar-refractivity contribution >= 4 is 0 Å². The summed E-state index contributed by atoms with van der Waals surface area (Å²) in [7, 11) is 0. The lowest BCUT2D eigenvalue weighted by atomic mass is 10.2. The first kappa shape index (κ1) is 7.98. The van der Waals surface area contributed by atoms with Crippen LogP contribution in [0, 0.1) is 0 Å². The first-order valence-electron chi connectivity index (χ1n) is 3.76. The molecule has 1 aliphatic heterocycles. The molecular formula is C7H15NO2. The summed E-state index contributed by atoms with van der Waals surface area (Å²) in [5, 5.41) is 0. The maximum Gasteiger partial charge on any atom is 0.0822 e. The smallest absolute Gasteiger partial charge is 0.0822 e. The van der Waals surface area contributed by atoms with Crippen molar-refractivity contribution < 1.29 is 9.47 Å². The molecule has 0 spiro atoms. The third-order valence-corrected chi connectivity index (χ3v) is 1.62. The van der Waals surface area contributed by atoms with E-state index in [1.807, 2.05) is 6.92 Å². The van der Waals surface area contributed by atoms with E-state index in [4.69, 9.17) is 15.2 Å². The number of rotatable bonds is 2. The molecular weight excluding hydrogens is 130 g/mol.